The van der Waals surface area contributed by atoms with Crippen molar-refractivity contribution in [2.75, 3.05) is 14.2 Å². The molecule has 1 N–H and O–H groups in total. The minimum Gasteiger partial charge on any atom is -0.493 e. The summed E-state index contributed by atoms with van der Waals surface area (Å²) < 4.78 is 49.2. The summed E-state index contributed by atoms with van der Waals surface area (Å²) in [6.45, 7) is 7.33. The number of nitrogens with one attached hydrogen (secondary N) is 1. The van der Waals surface area contributed by atoms with E-state index in [9.17, 15) is 18.4 Å². The second-order valence-corrected chi connectivity index (χ2v) is 11.5. The molecule has 2 heterocycles. The maximum atomic E-state index is 14.9. The van der Waals surface area contributed by atoms with Crippen LogP contribution in [0.3, 0.4) is 0 Å². The van der Waals surface area contributed by atoms with Crippen molar-refractivity contribution >= 4 is 11.8 Å². The fraction of sp³-hybridized carbons (Fsp3) is 0.433. The second kappa shape index (κ2) is 10.7. The van der Waals surface area contributed by atoms with Gasteiger partial charge in [-0.05, 0) is 82.3 Å². The normalized spacial score (nSPS) is 18.2. The number of fused-ring (bicyclic) bond motifs is 3. The van der Waals surface area contributed by atoms with Gasteiger partial charge in [0.05, 0.1) is 19.9 Å². The molecule has 218 valence electrons. The average molecular weight is 569 g/mol. The number of hydrogen-bond donors (Lipinski definition) is 1. The van der Waals surface area contributed by atoms with Gasteiger partial charge in [0, 0.05) is 30.3 Å². The van der Waals surface area contributed by atoms with Crippen LogP contribution in [0.5, 0.6) is 11.5 Å². The van der Waals surface area contributed by atoms with Gasteiger partial charge in [-0.15, -0.1) is 0 Å². The molecule has 41 heavy (non-hydrogen) atoms. The van der Waals surface area contributed by atoms with E-state index in [4.69, 9.17) is 14.2 Å². The van der Waals surface area contributed by atoms with Crippen LogP contribution in [-0.4, -0.2) is 41.1 Å². The summed E-state index contributed by atoms with van der Waals surface area (Å²) in [5, 5.41) is 2.82. The van der Waals surface area contributed by atoms with E-state index in [1.807, 2.05) is 6.07 Å². The number of nitrogens with zero attached hydrogens (tertiary/aromatic N) is 3. The number of amides is 1. The van der Waals surface area contributed by atoms with Gasteiger partial charge in [0.2, 0.25) is 0 Å². The Morgan fingerprint density at radius 3 is 2.27 bits per heavy atom. The summed E-state index contributed by atoms with van der Waals surface area (Å²) >= 11 is 0. The first-order valence-electron chi connectivity index (χ1n) is 13.5. The predicted molar refractivity (Wildman–Crippen MR) is 149 cm³/mol. The molecule has 0 saturated heterocycles. The number of carbonyl (C=O) groups excluding carboxylic acids is 1. The van der Waals surface area contributed by atoms with E-state index in [1.165, 1.54) is 23.8 Å². The number of hydrogen-bond acceptors (Lipinski definition) is 6. The Labute approximate surface area is 236 Å². The summed E-state index contributed by atoms with van der Waals surface area (Å²) in [4.78, 5) is 30.6. The Bertz CT molecular complexity index is 1630. The standard InChI is InChI=1S/C30H34F2N4O5/c1-16-9-21(31)27(22(32)10-16)34-26-15-23-20-14-25(40-6)24(39-5)11-17(20)7-8-35(23)29(38)36(26)19-12-18(13-19)33-28(37)41-30(2,3)4/h9-11,14-15,18-19H,7-8,12-13H2,1-6H3,(H,33,37). The molecule has 1 aliphatic heterocycles. The van der Waals surface area contributed by atoms with Gasteiger partial charge in [0.1, 0.15) is 16.8 Å². The Morgan fingerprint density at radius 2 is 1.66 bits per heavy atom. The van der Waals surface area contributed by atoms with Crippen LogP contribution in [0.2, 0.25) is 0 Å². The molecule has 0 radical (unpaired) electrons. The summed E-state index contributed by atoms with van der Waals surface area (Å²) in [6, 6.07) is 7.19. The number of rotatable bonds is 5. The first kappa shape index (κ1) is 28.4. The maximum Gasteiger partial charge on any atom is 0.407 e. The molecule has 1 amide bonds. The van der Waals surface area contributed by atoms with Crippen molar-refractivity contribution in [2.45, 2.75) is 71.2 Å². The van der Waals surface area contributed by atoms with Crippen molar-refractivity contribution in [3.63, 3.8) is 0 Å². The molecule has 5 rings (SSSR count). The summed E-state index contributed by atoms with van der Waals surface area (Å²) in [5.74, 6) is -0.582. The van der Waals surface area contributed by atoms with Crippen molar-refractivity contribution in [2.24, 2.45) is 4.99 Å². The van der Waals surface area contributed by atoms with Crippen molar-refractivity contribution in [1.29, 1.82) is 0 Å². The maximum absolute atomic E-state index is 14.9. The number of methoxy groups -OCH3 is 2. The molecule has 2 aromatic carbocycles. The molecule has 1 aliphatic carbocycles. The third kappa shape index (κ3) is 5.57. The third-order valence-electron chi connectivity index (χ3n) is 7.32. The molecule has 0 atom stereocenters. The SMILES string of the molecule is COc1cc2c(cc1OC)-c1cc(=Nc3c(F)cc(C)cc3F)n(C3CC(NC(=O)OC(C)(C)C)C3)c(=O)n1CC2. The fourth-order valence-electron chi connectivity index (χ4n) is 5.37. The zero-order valence-corrected chi connectivity index (χ0v) is 24.0. The molecule has 0 bridgehead atoms. The van der Waals surface area contributed by atoms with E-state index in [-0.39, 0.29) is 23.3 Å². The zero-order chi connectivity index (χ0) is 29.6. The van der Waals surface area contributed by atoms with Crippen LogP contribution in [-0.2, 0) is 17.7 Å². The highest BCUT2D eigenvalue weighted by Gasteiger charge is 2.35. The molecule has 0 unspecified atom stereocenters. The first-order valence-corrected chi connectivity index (χ1v) is 13.5. The van der Waals surface area contributed by atoms with E-state index in [1.54, 1.807) is 51.5 Å². The quantitative estimate of drug-likeness (QED) is 0.471. The molecule has 1 fully saturated rings. The van der Waals surface area contributed by atoms with Crippen molar-refractivity contribution < 1.29 is 27.8 Å². The van der Waals surface area contributed by atoms with E-state index >= 15 is 0 Å². The second-order valence-electron chi connectivity index (χ2n) is 11.5. The van der Waals surface area contributed by atoms with Crippen LogP contribution in [0, 0.1) is 18.6 Å². The summed E-state index contributed by atoms with van der Waals surface area (Å²) in [7, 11) is 3.08. The van der Waals surface area contributed by atoms with Gasteiger partial charge >= 0.3 is 11.8 Å². The van der Waals surface area contributed by atoms with Crippen molar-refractivity contribution in [3.8, 4) is 22.8 Å². The molecule has 1 saturated carbocycles. The molecule has 9 nitrogen and oxygen atoms in total. The summed E-state index contributed by atoms with van der Waals surface area (Å²) in [6.07, 6.45) is 0.902. The van der Waals surface area contributed by atoms with Gasteiger partial charge in [-0.3, -0.25) is 9.13 Å². The predicted octanol–water partition coefficient (Wildman–Crippen LogP) is 4.94. The molecule has 0 spiro atoms. The van der Waals surface area contributed by atoms with Crippen LogP contribution in [0.15, 0.2) is 40.1 Å². The van der Waals surface area contributed by atoms with Gasteiger partial charge in [-0.1, -0.05) is 0 Å². The largest absolute Gasteiger partial charge is 0.493 e. The van der Waals surface area contributed by atoms with Gasteiger partial charge in [0.25, 0.3) is 0 Å². The highest BCUT2D eigenvalue weighted by Crippen LogP contribution is 2.38. The van der Waals surface area contributed by atoms with Crippen LogP contribution in [0.4, 0.5) is 19.3 Å². The van der Waals surface area contributed by atoms with Crippen LogP contribution >= 0.6 is 0 Å². The number of aryl methyl sites for hydroxylation is 2. The topological polar surface area (TPSA) is 96.1 Å². The van der Waals surface area contributed by atoms with E-state index in [0.717, 1.165) is 11.1 Å². The van der Waals surface area contributed by atoms with Gasteiger partial charge < -0.3 is 19.5 Å². The Balaban J connectivity index is 1.62. The van der Waals surface area contributed by atoms with E-state index in [2.05, 4.69) is 10.3 Å². The van der Waals surface area contributed by atoms with E-state index in [0.29, 0.717) is 48.6 Å². The smallest absolute Gasteiger partial charge is 0.407 e. The minimum absolute atomic E-state index is 0.117. The lowest BCUT2D eigenvalue weighted by atomic mass is 9.86. The number of benzene rings is 2. The van der Waals surface area contributed by atoms with Gasteiger partial charge in [-0.25, -0.2) is 23.4 Å². The monoisotopic (exact) mass is 568 g/mol. The Hall–Kier alpha value is -4.15. The third-order valence-corrected chi connectivity index (χ3v) is 7.32. The Morgan fingerprint density at radius 1 is 1.02 bits per heavy atom. The minimum atomic E-state index is -0.822. The van der Waals surface area contributed by atoms with Crippen LogP contribution in [0.25, 0.3) is 11.3 Å². The number of carbonyl (C=O) groups is 1. The molecular weight excluding hydrogens is 534 g/mol. The number of aromatic nitrogens is 2. The van der Waals surface area contributed by atoms with E-state index < -0.39 is 29.0 Å². The molecule has 3 aromatic rings. The highest BCUT2D eigenvalue weighted by molar-refractivity contribution is 5.70. The first-order chi connectivity index (χ1) is 19.4. The summed E-state index contributed by atoms with van der Waals surface area (Å²) in [5.41, 5.74) is 1.32. The molecule has 2 aliphatic rings. The Kier molecular flexibility index (Phi) is 7.39. The van der Waals surface area contributed by atoms with Crippen molar-refractivity contribution in [1.82, 2.24) is 14.5 Å². The van der Waals surface area contributed by atoms with Gasteiger partial charge in [-0.2, -0.15) is 0 Å². The molecule has 11 heteroatoms. The number of ether oxygens (including phenoxy) is 3. The lowest BCUT2D eigenvalue weighted by molar-refractivity contribution is 0.0453. The fourth-order valence-corrected chi connectivity index (χ4v) is 5.37. The molecule has 1 aromatic heterocycles. The lowest BCUT2D eigenvalue weighted by Crippen LogP contribution is -2.52. The van der Waals surface area contributed by atoms with Crippen LogP contribution in [0.1, 0.15) is 50.8 Å². The average Bonchev–Trinajstić information content (AvgIpc) is 2.86. The highest BCUT2D eigenvalue weighted by atomic mass is 19.1. The molecular formula is C30H34F2N4O5. The van der Waals surface area contributed by atoms with Crippen molar-refractivity contribution in [3.05, 3.63) is 69.1 Å². The van der Waals surface area contributed by atoms with Gasteiger partial charge in [0.15, 0.2) is 23.1 Å². The van der Waals surface area contributed by atoms with Crippen LogP contribution < -0.4 is 26.0 Å². The zero-order valence-electron chi connectivity index (χ0n) is 24.0. The number of halogens is 2. The lowest BCUT2D eigenvalue weighted by Gasteiger charge is -2.38. The number of alkyl carbamates (subject to hydrolysis) is 1.